The fourth-order valence-electron chi connectivity index (χ4n) is 3.70. The molecule has 2 aromatic carbocycles. The first-order valence-corrected chi connectivity index (χ1v) is 11.0. The number of ether oxygens (including phenoxy) is 2. The number of hydrogen-bond donors (Lipinski definition) is 1. The Labute approximate surface area is 206 Å². The summed E-state index contributed by atoms with van der Waals surface area (Å²) in [5, 5.41) is 3.41. The highest BCUT2D eigenvalue weighted by atomic mass is 35.5. The van der Waals surface area contributed by atoms with E-state index < -0.39 is 11.2 Å². The zero-order valence-corrected chi connectivity index (χ0v) is 20.1. The second kappa shape index (κ2) is 9.99. The lowest BCUT2D eigenvalue weighted by Gasteiger charge is -2.14. The first-order chi connectivity index (χ1) is 16.8. The number of aryl methyl sites for hydroxylation is 1. The maximum atomic E-state index is 13.2. The largest absolute Gasteiger partial charge is 0.493 e. The van der Waals surface area contributed by atoms with Crippen LogP contribution >= 0.6 is 11.6 Å². The van der Waals surface area contributed by atoms with E-state index in [1.807, 2.05) is 0 Å². The minimum Gasteiger partial charge on any atom is -0.493 e. The van der Waals surface area contributed by atoms with Gasteiger partial charge in [0.05, 0.1) is 25.2 Å². The highest BCUT2D eigenvalue weighted by molar-refractivity contribution is 6.31. The zero-order chi connectivity index (χ0) is 25.1. The van der Waals surface area contributed by atoms with Gasteiger partial charge in [0, 0.05) is 34.2 Å². The minimum atomic E-state index is -0.492. The molecule has 0 aliphatic rings. The summed E-state index contributed by atoms with van der Waals surface area (Å²) < 4.78 is 12.0. The Bertz CT molecular complexity index is 1510. The lowest BCUT2D eigenvalue weighted by molar-refractivity contribution is -0.116. The second-order valence-corrected chi connectivity index (χ2v) is 8.22. The summed E-state index contributed by atoms with van der Waals surface area (Å²) in [4.78, 5) is 43.7. The lowest BCUT2D eigenvalue weighted by Crippen LogP contribution is -2.25. The van der Waals surface area contributed by atoms with Crippen LogP contribution in [-0.2, 0) is 11.3 Å². The summed E-state index contributed by atoms with van der Waals surface area (Å²) in [5.41, 5.74) is 1.20. The molecule has 8 nitrogen and oxygen atoms in total. The van der Waals surface area contributed by atoms with E-state index in [1.165, 1.54) is 31.0 Å². The molecule has 2 aromatic heterocycles. The molecular formula is C26H22ClN3O5. The number of amides is 1. The maximum absolute atomic E-state index is 13.2. The standard InChI is InChI=1S/C26H22ClN3O5/c1-15-7-9-19-25(33)20(24(32)16-5-4-6-17(27)11-16)13-30(26(19)28-15)14-23(31)29-18-8-10-21(34-2)22(12-18)35-3/h4-13H,14H2,1-3H3,(H,29,31). The smallest absolute Gasteiger partial charge is 0.244 e. The molecule has 0 unspecified atom stereocenters. The quantitative estimate of drug-likeness (QED) is 0.388. The second-order valence-electron chi connectivity index (χ2n) is 7.78. The number of carbonyl (C=O) groups excluding carboxylic acids is 2. The van der Waals surface area contributed by atoms with Crippen LogP contribution in [0.2, 0.25) is 5.02 Å². The van der Waals surface area contributed by atoms with Gasteiger partial charge in [-0.25, -0.2) is 4.98 Å². The Morgan fingerprint density at radius 3 is 2.51 bits per heavy atom. The van der Waals surface area contributed by atoms with Crippen molar-refractivity contribution in [3.05, 3.63) is 92.9 Å². The predicted molar refractivity (Wildman–Crippen MR) is 134 cm³/mol. The first kappa shape index (κ1) is 24.0. The van der Waals surface area contributed by atoms with E-state index in [1.54, 1.807) is 55.5 Å². The number of anilines is 1. The van der Waals surface area contributed by atoms with Gasteiger partial charge < -0.3 is 19.4 Å². The van der Waals surface area contributed by atoms with Crippen molar-refractivity contribution in [2.75, 3.05) is 19.5 Å². The van der Waals surface area contributed by atoms with Crippen LogP contribution in [0, 0.1) is 6.92 Å². The average molecular weight is 492 g/mol. The van der Waals surface area contributed by atoms with Crippen molar-refractivity contribution in [3.63, 3.8) is 0 Å². The van der Waals surface area contributed by atoms with Gasteiger partial charge in [-0.05, 0) is 43.3 Å². The molecule has 0 atom stereocenters. The van der Waals surface area contributed by atoms with E-state index in [2.05, 4.69) is 10.3 Å². The topological polar surface area (TPSA) is 99.5 Å². The Kier molecular flexibility index (Phi) is 6.84. The summed E-state index contributed by atoms with van der Waals surface area (Å²) in [6, 6.07) is 14.6. The summed E-state index contributed by atoms with van der Waals surface area (Å²) in [7, 11) is 3.02. The number of aromatic nitrogens is 2. The molecule has 4 aromatic rings. The average Bonchev–Trinajstić information content (AvgIpc) is 2.85. The van der Waals surface area contributed by atoms with E-state index in [4.69, 9.17) is 21.1 Å². The van der Waals surface area contributed by atoms with Crippen LogP contribution in [-0.4, -0.2) is 35.5 Å². The maximum Gasteiger partial charge on any atom is 0.244 e. The van der Waals surface area contributed by atoms with Gasteiger partial charge in [-0.15, -0.1) is 0 Å². The highest BCUT2D eigenvalue weighted by Gasteiger charge is 2.19. The SMILES string of the molecule is COc1ccc(NC(=O)Cn2cc(C(=O)c3cccc(Cl)c3)c(=O)c3ccc(C)nc32)cc1OC. The summed E-state index contributed by atoms with van der Waals surface area (Å²) in [5.74, 6) is 0.118. The number of halogens is 1. The summed E-state index contributed by atoms with van der Waals surface area (Å²) in [6.45, 7) is 1.60. The number of nitrogens with one attached hydrogen (secondary N) is 1. The monoisotopic (exact) mass is 491 g/mol. The van der Waals surface area contributed by atoms with Gasteiger partial charge in [0.25, 0.3) is 0 Å². The van der Waals surface area contributed by atoms with E-state index in [9.17, 15) is 14.4 Å². The molecule has 0 saturated heterocycles. The Balaban J connectivity index is 1.73. The molecule has 4 rings (SSSR count). The summed E-state index contributed by atoms with van der Waals surface area (Å²) >= 11 is 6.03. The highest BCUT2D eigenvalue weighted by Crippen LogP contribution is 2.29. The first-order valence-electron chi connectivity index (χ1n) is 10.6. The van der Waals surface area contributed by atoms with Crippen LogP contribution in [0.25, 0.3) is 11.0 Å². The molecule has 1 amide bonds. The van der Waals surface area contributed by atoms with Gasteiger partial charge in [0.2, 0.25) is 11.3 Å². The molecule has 0 spiro atoms. The third kappa shape index (κ3) is 5.02. The number of rotatable bonds is 7. The number of pyridine rings is 2. The molecule has 0 radical (unpaired) electrons. The van der Waals surface area contributed by atoms with Crippen molar-refractivity contribution in [2.45, 2.75) is 13.5 Å². The number of methoxy groups -OCH3 is 2. The Morgan fingerprint density at radius 2 is 1.80 bits per heavy atom. The molecule has 2 heterocycles. The Morgan fingerprint density at radius 1 is 1.03 bits per heavy atom. The van der Waals surface area contributed by atoms with Crippen molar-refractivity contribution in [2.24, 2.45) is 0 Å². The van der Waals surface area contributed by atoms with E-state index in [0.717, 1.165) is 0 Å². The zero-order valence-electron chi connectivity index (χ0n) is 19.3. The van der Waals surface area contributed by atoms with Crippen LogP contribution < -0.4 is 20.2 Å². The molecule has 1 N–H and O–H groups in total. The third-order valence-corrected chi connectivity index (χ3v) is 5.61. The molecule has 178 valence electrons. The van der Waals surface area contributed by atoms with Crippen LogP contribution in [0.4, 0.5) is 5.69 Å². The van der Waals surface area contributed by atoms with Gasteiger partial charge >= 0.3 is 0 Å². The number of ketones is 1. The third-order valence-electron chi connectivity index (χ3n) is 5.37. The van der Waals surface area contributed by atoms with E-state index in [-0.39, 0.29) is 29.0 Å². The number of hydrogen-bond acceptors (Lipinski definition) is 6. The van der Waals surface area contributed by atoms with E-state index in [0.29, 0.717) is 33.6 Å². The van der Waals surface area contributed by atoms with Crippen molar-refractivity contribution in [1.29, 1.82) is 0 Å². The van der Waals surface area contributed by atoms with Gasteiger partial charge in [0.15, 0.2) is 17.3 Å². The van der Waals surface area contributed by atoms with Crippen molar-refractivity contribution in [3.8, 4) is 11.5 Å². The van der Waals surface area contributed by atoms with Crippen LogP contribution in [0.5, 0.6) is 11.5 Å². The van der Waals surface area contributed by atoms with Crippen LogP contribution in [0.15, 0.2) is 65.6 Å². The fraction of sp³-hybridized carbons (Fsp3) is 0.154. The number of nitrogens with zero attached hydrogens (tertiary/aromatic N) is 2. The normalized spacial score (nSPS) is 10.7. The minimum absolute atomic E-state index is 0.0793. The molecule has 0 bridgehead atoms. The van der Waals surface area contributed by atoms with Gasteiger partial charge in [0.1, 0.15) is 12.2 Å². The van der Waals surface area contributed by atoms with Crippen molar-refractivity contribution in [1.82, 2.24) is 9.55 Å². The van der Waals surface area contributed by atoms with Crippen LogP contribution in [0.1, 0.15) is 21.6 Å². The molecule has 0 fully saturated rings. The van der Waals surface area contributed by atoms with Crippen molar-refractivity contribution < 1.29 is 19.1 Å². The molecule has 0 aliphatic carbocycles. The molecule has 35 heavy (non-hydrogen) atoms. The van der Waals surface area contributed by atoms with Gasteiger partial charge in [-0.1, -0.05) is 23.7 Å². The molecule has 0 aliphatic heterocycles. The number of carbonyl (C=O) groups is 2. The fourth-order valence-corrected chi connectivity index (χ4v) is 3.89. The Hall–Kier alpha value is -4.17. The predicted octanol–water partition coefficient (Wildman–Crippen LogP) is 4.25. The molecule has 9 heteroatoms. The molecular weight excluding hydrogens is 470 g/mol. The lowest BCUT2D eigenvalue weighted by atomic mass is 10.0. The number of benzene rings is 2. The van der Waals surface area contributed by atoms with E-state index >= 15 is 0 Å². The van der Waals surface area contributed by atoms with Gasteiger partial charge in [-0.2, -0.15) is 0 Å². The summed E-state index contributed by atoms with van der Waals surface area (Å²) in [6.07, 6.45) is 1.37. The number of fused-ring (bicyclic) bond motifs is 1. The molecule has 0 saturated carbocycles. The van der Waals surface area contributed by atoms with Crippen LogP contribution in [0.3, 0.4) is 0 Å². The van der Waals surface area contributed by atoms with Crippen molar-refractivity contribution >= 4 is 40.0 Å². The van der Waals surface area contributed by atoms with Gasteiger partial charge in [-0.3, -0.25) is 14.4 Å².